The lowest BCUT2D eigenvalue weighted by Gasteiger charge is -2.10. The van der Waals surface area contributed by atoms with Gasteiger partial charge in [0.1, 0.15) is 0 Å². The molecule has 0 radical (unpaired) electrons. The lowest BCUT2D eigenvalue weighted by atomic mass is 10.3. The molecule has 2 rings (SSSR count). The van der Waals surface area contributed by atoms with E-state index in [1.54, 1.807) is 24.7 Å². The summed E-state index contributed by atoms with van der Waals surface area (Å²) in [5.74, 6) is 0. The number of rotatable bonds is 3. The maximum Gasteiger partial charge on any atom is 0.0946 e. The van der Waals surface area contributed by atoms with Crippen LogP contribution in [0.4, 0.5) is 5.69 Å². The second kappa shape index (κ2) is 4.76. The van der Waals surface area contributed by atoms with Crippen LogP contribution in [0.15, 0.2) is 30.7 Å². The number of nitrogens with zero attached hydrogens (tertiary/aromatic N) is 2. The minimum Gasteiger partial charge on any atom is -0.377 e. The van der Waals surface area contributed by atoms with Gasteiger partial charge in [-0.1, -0.05) is 29.3 Å². The maximum absolute atomic E-state index is 6.04. The number of hydrogen-bond acceptors (Lipinski definition) is 2. The summed E-state index contributed by atoms with van der Waals surface area (Å²) in [7, 11) is 1.94. The molecule has 0 bridgehead atoms. The first kappa shape index (κ1) is 11.3. The molecule has 0 fully saturated rings. The van der Waals surface area contributed by atoms with Gasteiger partial charge < -0.3 is 9.88 Å². The zero-order valence-corrected chi connectivity index (χ0v) is 10.3. The third-order valence-corrected chi connectivity index (χ3v) is 2.96. The van der Waals surface area contributed by atoms with Crippen molar-refractivity contribution in [3.05, 3.63) is 46.5 Å². The van der Waals surface area contributed by atoms with E-state index < -0.39 is 0 Å². The first-order chi connectivity index (χ1) is 7.68. The molecule has 5 heteroatoms. The molecule has 0 saturated heterocycles. The van der Waals surface area contributed by atoms with E-state index in [1.165, 1.54) is 0 Å². The molecular formula is C11H11Cl2N3. The number of aryl methyl sites for hydroxylation is 1. The fourth-order valence-electron chi connectivity index (χ4n) is 1.40. The van der Waals surface area contributed by atoms with Crippen molar-refractivity contribution in [3.8, 4) is 0 Å². The van der Waals surface area contributed by atoms with E-state index in [2.05, 4.69) is 10.3 Å². The van der Waals surface area contributed by atoms with Crippen molar-refractivity contribution in [2.24, 2.45) is 7.05 Å². The van der Waals surface area contributed by atoms with E-state index in [1.807, 2.05) is 17.7 Å². The molecule has 0 aliphatic heterocycles. The van der Waals surface area contributed by atoms with Crippen molar-refractivity contribution in [1.29, 1.82) is 0 Å². The Morgan fingerprint density at radius 3 is 2.56 bits per heavy atom. The molecule has 0 unspecified atom stereocenters. The van der Waals surface area contributed by atoms with Gasteiger partial charge in [-0.05, 0) is 12.1 Å². The van der Waals surface area contributed by atoms with Gasteiger partial charge in [0.25, 0.3) is 0 Å². The predicted molar refractivity (Wildman–Crippen MR) is 67.0 cm³/mol. The van der Waals surface area contributed by atoms with E-state index in [-0.39, 0.29) is 0 Å². The Bertz CT molecular complexity index is 473. The van der Waals surface area contributed by atoms with Crippen LogP contribution < -0.4 is 5.32 Å². The molecule has 1 aromatic carbocycles. The van der Waals surface area contributed by atoms with Crippen molar-refractivity contribution in [1.82, 2.24) is 9.55 Å². The fraction of sp³-hybridized carbons (Fsp3) is 0.182. The summed E-state index contributed by atoms with van der Waals surface area (Å²) in [5.41, 5.74) is 1.82. The smallest absolute Gasteiger partial charge is 0.0946 e. The zero-order valence-electron chi connectivity index (χ0n) is 8.74. The quantitative estimate of drug-likeness (QED) is 0.912. The first-order valence-corrected chi connectivity index (χ1v) is 5.57. The summed E-state index contributed by atoms with van der Waals surface area (Å²) >= 11 is 12.1. The Morgan fingerprint density at radius 1 is 1.31 bits per heavy atom. The molecule has 0 spiro atoms. The van der Waals surface area contributed by atoms with Gasteiger partial charge in [0, 0.05) is 13.2 Å². The summed E-state index contributed by atoms with van der Waals surface area (Å²) < 4.78 is 1.94. The van der Waals surface area contributed by atoms with Crippen LogP contribution in [-0.2, 0) is 13.6 Å². The van der Waals surface area contributed by atoms with Crippen LogP contribution in [-0.4, -0.2) is 9.55 Å². The second-order valence-electron chi connectivity index (χ2n) is 3.45. The average Bonchev–Trinajstić information content (AvgIpc) is 2.64. The molecule has 0 atom stereocenters. The molecule has 1 aromatic heterocycles. The first-order valence-electron chi connectivity index (χ1n) is 4.81. The molecule has 0 amide bonds. The lowest BCUT2D eigenvalue weighted by molar-refractivity contribution is 0.837. The zero-order chi connectivity index (χ0) is 11.5. The summed E-state index contributed by atoms with van der Waals surface area (Å²) in [5, 5.41) is 4.44. The molecular weight excluding hydrogens is 245 g/mol. The number of halogens is 2. The molecule has 0 aliphatic rings. The van der Waals surface area contributed by atoms with Crippen molar-refractivity contribution >= 4 is 28.9 Å². The van der Waals surface area contributed by atoms with Gasteiger partial charge in [0.2, 0.25) is 0 Å². The van der Waals surface area contributed by atoms with Crippen molar-refractivity contribution in [3.63, 3.8) is 0 Å². The minimum atomic E-state index is 0.620. The molecule has 0 saturated carbocycles. The Hall–Kier alpha value is -1.19. The van der Waals surface area contributed by atoms with Crippen LogP contribution in [0.2, 0.25) is 10.0 Å². The maximum atomic E-state index is 6.04. The van der Waals surface area contributed by atoms with Gasteiger partial charge in [-0.25, -0.2) is 4.98 Å². The number of para-hydroxylation sites is 1. The highest BCUT2D eigenvalue weighted by Crippen LogP contribution is 2.29. The number of nitrogens with one attached hydrogen (secondary N) is 1. The van der Waals surface area contributed by atoms with Crippen LogP contribution in [0, 0.1) is 0 Å². The predicted octanol–water partition coefficient (Wildman–Crippen LogP) is 3.34. The van der Waals surface area contributed by atoms with Gasteiger partial charge in [0.15, 0.2) is 0 Å². The Labute approximate surface area is 104 Å². The number of anilines is 1. The number of imidazole rings is 1. The monoisotopic (exact) mass is 255 g/mol. The van der Waals surface area contributed by atoms with Gasteiger partial charge in [-0.2, -0.15) is 0 Å². The summed E-state index contributed by atoms with van der Waals surface area (Å²) in [6, 6.07) is 5.43. The minimum absolute atomic E-state index is 0.620. The Kier molecular flexibility index (Phi) is 3.36. The number of benzene rings is 1. The standard InChI is InChI=1S/C11H11Cl2N3/c1-16-7-14-5-8(16)6-15-11-9(12)3-2-4-10(11)13/h2-5,7,15H,6H2,1H3. The third kappa shape index (κ3) is 2.31. The molecule has 1 heterocycles. The molecule has 0 aliphatic carbocycles. The fourth-order valence-corrected chi connectivity index (χ4v) is 1.93. The van der Waals surface area contributed by atoms with Crippen molar-refractivity contribution in [2.45, 2.75) is 6.54 Å². The number of aromatic nitrogens is 2. The Morgan fingerprint density at radius 2 is 2.00 bits per heavy atom. The molecule has 1 N–H and O–H groups in total. The highest BCUT2D eigenvalue weighted by atomic mass is 35.5. The van der Waals surface area contributed by atoms with E-state index in [0.717, 1.165) is 11.4 Å². The largest absolute Gasteiger partial charge is 0.377 e. The number of hydrogen-bond donors (Lipinski definition) is 1. The summed E-state index contributed by atoms with van der Waals surface area (Å²) in [6.07, 6.45) is 3.56. The van der Waals surface area contributed by atoms with Crippen LogP contribution in [0.5, 0.6) is 0 Å². The van der Waals surface area contributed by atoms with E-state index in [9.17, 15) is 0 Å². The summed E-state index contributed by atoms with van der Waals surface area (Å²) in [6.45, 7) is 0.639. The van der Waals surface area contributed by atoms with E-state index >= 15 is 0 Å². The highest BCUT2D eigenvalue weighted by molar-refractivity contribution is 6.39. The molecule has 16 heavy (non-hydrogen) atoms. The van der Waals surface area contributed by atoms with Gasteiger partial charge >= 0.3 is 0 Å². The van der Waals surface area contributed by atoms with Crippen LogP contribution in [0.1, 0.15) is 5.69 Å². The van der Waals surface area contributed by atoms with E-state index in [4.69, 9.17) is 23.2 Å². The Balaban J connectivity index is 2.14. The highest BCUT2D eigenvalue weighted by Gasteiger charge is 2.05. The van der Waals surface area contributed by atoms with Gasteiger partial charge in [-0.15, -0.1) is 0 Å². The van der Waals surface area contributed by atoms with Crippen molar-refractivity contribution in [2.75, 3.05) is 5.32 Å². The molecule has 2 aromatic rings. The summed E-state index contributed by atoms with van der Waals surface area (Å²) in [4.78, 5) is 4.04. The SMILES string of the molecule is Cn1cncc1CNc1c(Cl)cccc1Cl. The van der Waals surface area contributed by atoms with E-state index in [0.29, 0.717) is 16.6 Å². The van der Waals surface area contributed by atoms with Crippen LogP contribution >= 0.6 is 23.2 Å². The average molecular weight is 256 g/mol. The third-order valence-electron chi connectivity index (χ3n) is 2.33. The second-order valence-corrected chi connectivity index (χ2v) is 4.26. The molecule has 84 valence electrons. The topological polar surface area (TPSA) is 29.9 Å². The van der Waals surface area contributed by atoms with Crippen LogP contribution in [0.25, 0.3) is 0 Å². The van der Waals surface area contributed by atoms with Gasteiger partial charge in [-0.3, -0.25) is 0 Å². The van der Waals surface area contributed by atoms with Crippen LogP contribution in [0.3, 0.4) is 0 Å². The van der Waals surface area contributed by atoms with Crippen molar-refractivity contribution < 1.29 is 0 Å². The van der Waals surface area contributed by atoms with Gasteiger partial charge in [0.05, 0.1) is 34.3 Å². The lowest BCUT2D eigenvalue weighted by Crippen LogP contribution is -2.04. The molecule has 3 nitrogen and oxygen atoms in total. The normalized spacial score (nSPS) is 10.4.